The number of hydrogen-bond acceptors (Lipinski definition) is 9. The summed E-state index contributed by atoms with van der Waals surface area (Å²) in [4.78, 5) is 13.6. The lowest BCUT2D eigenvalue weighted by Gasteiger charge is -2.47. The molecule has 2 bridgehead atoms. The molecule has 5 atom stereocenters. The van der Waals surface area contributed by atoms with Gasteiger partial charge in [-0.25, -0.2) is 13.0 Å². The maximum Gasteiger partial charge on any atom is 0.319 e. The molecule has 2 aromatic carbocycles. The number of hydrogen-bond donors (Lipinski definition) is 3. The van der Waals surface area contributed by atoms with Gasteiger partial charge in [-0.2, -0.15) is 9.97 Å². The van der Waals surface area contributed by atoms with Gasteiger partial charge in [-0.3, -0.25) is 9.62 Å². The summed E-state index contributed by atoms with van der Waals surface area (Å²) < 4.78 is 60.0. The molecule has 4 saturated heterocycles. The lowest BCUT2D eigenvalue weighted by atomic mass is 9.95. The van der Waals surface area contributed by atoms with Gasteiger partial charge in [0.25, 0.3) is 0 Å². The van der Waals surface area contributed by atoms with E-state index in [-0.39, 0.29) is 46.7 Å². The number of nitrogens with one attached hydrogen (secondary N) is 2. The van der Waals surface area contributed by atoms with Crippen LogP contribution in [0.1, 0.15) is 30.5 Å². The Morgan fingerprint density at radius 2 is 2.00 bits per heavy atom. The fraction of sp³-hybridized carbons (Fsp3) is 0.467. The van der Waals surface area contributed by atoms with Crippen molar-refractivity contribution in [1.82, 2.24) is 24.9 Å². The zero-order valence-electron chi connectivity index (χ0n) is 23.4. The monoisotopic (exact) mass is 610 g/mol. The molecule has 5 aliphatic rings. The highest BCUT2D eigenvalue weighted by Gasteiger charge is 2.50. The van der Waals surface area contributed by atoms with Gasteiger partial charge in [0.05, 0.1) is 36.5 Å². The molecule has 10 nitrogen and oxygen atoms in total. The van der Waals surface area contributed by atoms with Gasteiger partial charge in [-0.1, -0.05) is 24.3 Å². The van der Waals surface area contributed by atoms with Crippen LogP contribution in [0.2, 0.25) is 0 Å². The zero-order chi connectivity index (χ0) is 29.3. The van der Waals surface area contributed by atoms with Gasteiger partial charge in [0.1, 0.15) is 29.1 Å². The standard InChI is InChI=1S/C30H32F2N6O4S/c31-18-10-30(6-3-7-37(30)13-18)16-42-29-34-26-24(32)25(23-9-21(39)8-17-4-1-2-5-22(17)23)36-43(40)27(26)28(35-29)38-19-11-33-12-20(38)15-41-14-19/h1-2,4-5,8-9,18-20,33,36,39H,3,6-7,10-16H2/t18-,19?,20?,30+,43?/m1/s1. The Labute approximate surface area is 249 Å². The van der Waals surface area contributed by atoms with Gasteiger partial charge in [0.2, 0.25) is 0 Å². The highest BCUT2D eigenvalue weighted by atomic mass is 32.2. The summed E-state index contributed by atoms with van der Waals surface area (Å²) in [6, 6.07) is 10.1. The number of nitrogens with zero attached hydrogens (tertiary/aromatic N) is 4. The largest absolute Gasteiger partial charge is 0.508 e. The first-order chi connectivity index (χ1) is 20.9. The van der Waals surface area contributed by atoms with E-state index < -0.39 is 28.5 Å². The van der Waals surface area contributed by atoms with Crippen molar-refractivity contribution in [3.63, 3.8) is 0 Å². The Morgan fingerprint density at radius 1 is 1.19 bits per heavy atom. The van der Waals surface area contributed by atoms with Gasteiger partial charge < -0.3 is 24.8 Å². The SMILES string of the molecule is O=S1NC(c2cc(O)cc3ccccc23)=C(F)c2nc(OC[C@@]34CCCN3C[C@H](F)C4)nc(N3C4CNCC3COC4)c21. The first-order valence-corrected chi connectivity index (χ1v) is 15.9. The van der Waals surface area contributed by atoms with Crippen molar-refractivity contribution < 1.29 is 27.6 Å². The minimum absolute atomic E-state index is 0.0333. The number of phenols is 1. The molecular formula is C30H32F2N6O4S. The van der Waals surface area contributed by atoms with Crippen LogP contribution in [-0.2, 0) is 15.7 Å². The van der Waals surface area contributed by atoms with E-state index in [1.807, 2.05) is 24.3 Å². The minimum atomic E-state index is -1.93. The van der Waals surface area contributed by atoms with Gasteiger partial charge in [-0.15, -0.1) is 0 Å². The molecule has 5 aliphatic heterocycles. The molecule has 0 amide bonds. The number of halogens is 2. The van der Waals surface area contributed by atoms with E-state index in [1.165, 1.54) is 6.07 Å². The van der Waals surface area contributed by atoms with Crippen LogP contribution in [0.25, 0.3) is 22.3 Å². The second-order valence-electron chi connectivity index (χ2n) is 12.1. The highest BCUT2D eigenvalue weighted by Crippen LogP contribution is 2.43. The van der Waals surface area contributed by atoms with Crippen LogP contribution in [0.4, 0.5) is 14.6 Å². The molecule has 3 aromatic rings. The molecule has 4 fully saturated rings. The van der Waals surface area contributed by atoms with Crippen LogP contribution < -0.4 is 19.7 Å². The van der Waals surface area contributed by atoms with Crippen molar-refractivity contribution in [3.8, 4) is 11.8 Å². The lowest BCUT2D eigenvalue weighted by Crippen LogP contribution is -2.64. The number of piperazine rings is 1. The van der Waals surface area contributed by atoms with Gasteiger partial charge in [0, 0.05) is 31.6 Å². The van der Waals surface area contributed by atoms with Crippen LogP contribution in [0.15, 0.2) is 41.3 Å². The molecule has 43 heavy (non-hydrogen) atoms. The summed E-state index contributed by atoms with van der Waals surface area (Å²) in [5.41, 5.74) is -0.230. The molecule has 1 aromatic heterocycles. The number of aromatic nitrogens is 2. The highest BCUT2D eigenvalue weighted by molar-refractivity contribution is 7.83. The quantitative estimate of drug-likeness (QED) is 0.402. The smallest absolute Gasteiger partial charge is 0.319 e. The molecule has 0 spiro atoms. The van der Waals surface area contributed by atoms with Crippen LogP contribution in [0, 0.1) is 0 Å². The first-order valence-electron chi connectivity index (χ1n) is 14.7. The molecule has 13 heteroatoms. The maximum absolute atomic E-state index is 16.7. The number of benzene rings is 2. The molecule has 8 rings (SSSR count). The Bertz CT molecular complexity index is 1650. The summed E-state index contributed by atoms with van der Waals surface area (Å²) >= 11 is 0. The van der Waals surface area contributed by atoms with Crippen LogP contribution in [0.3, 0.4) is 0 Å². The van der Waals surface area contributed by atoms with Crippen molar-refractivity contribution in [2.75, 3.05) is 50.9 Å². The molecule has 0 radical (unpaired) electrons. The van der Waals surface area contributed by atoms with Crippen molar-refractivity contribution in [2.24, 2.45) is 0 Å². The Kier molecular flexibility index (Phi) is 6.55. The number of anilines is 1. The molecule has 0 saturated carbocycles. The minimum Gasteiger partial charge on any atom is -0.508 e. The van der Waals surface area contributed by atoms with E-state index in [1.54, 1.807) is 6.07 Å². The summed E-state index contributed by atoms with van der Waals surface area (Å²) in [5, 5.41) is 15.3. The number of phenolic OH excluding ortho intramolecular Hbond substituents is 1. The summed E-state index contributed by atoms with van der Waals surface area (Å²) in [7, 11) is -1.93. The van der Waals surface area contributed by atoms with E-state index in [4.69, 9.17) is 14.5 Å². The van der Waals surface area contributed by atoms with E-state index in [0.717, 1.165) is 19.4 Å². The molecule has 6 heterocycles. The summed E-state index contributed by atoms with van der Waals surface area (Å²) in [5.74, 6) is -0.423. The maximum atomic E-state index is 16.7. The van der Waals surface area contributed by atoms with Crippen LogP contribution >= 0.6 is 0 Å². The van der Waals surface area contributed by atoms with Crippen molar-refractivity contribution in [2.45, 2.75) is 48.0 Å². The van der Waals surface area contributed by atoms with Gasteiger partial charge in [-0.05, 0) is 42.3 Å². The zero-order valence-corrected chi connectivity index (χ0v) is 24.2. The molecule has 0 aliphatic carbocycles. The van der Waals surface area contributed by atoms with Crippen molar-refractivity contribution in [3.05, 3.63) is 47.7 Å². The number of rotatable bonds is 5. The topological polar surface area (TPSA) is 112 Å². The average molecular weight is 611 g/mol. The Hall–Kier alpha value is -3.39. The molecule has 3 N–H and O–H groups in total. The van der Waals surface area contributed by atoms with E-state index in [2.05, 4.69) is 24.8 Å². The third-order valence-electron chi connectivity index (χ3n) is 9.39. The third kappa shape index (κ3) is 4.47. The molecule has 226 valence electrons. The fourth-order valence-electron chi connectivity index (χ4n) is 7.48. The van der Waals surface area contributed by atoms with E-state index in [0.29, 0.717) is 61.4 Å². The summed E-state index contributed by atoms with van der Waals surface area (Å²) in [6.45, 7) is 3.50. The predicted octanol–water partition coefficient (Wildman–Crippen LogP) is 2.89. The Morgan fingerprint density at radius 3 is 2.84 bits per heavy atom. The van der Waals surface area contributed by atoms with Crippen LogP contribution in [0.5, 0.6) is 11.8 Å². The van der Waals surface area contributed by atoms with Crippen molar-refractivity contribution in [1.29, 1.82) is 0 Å². The second kappa shape index (κ2) is 10.4. The second-order valence-corrected chi connectivity index (χ2v) is 13.2. The van der Waals surface area contributed by atoms with E-state index in [9.17, 15) is 13.7 Å². The number of aromatic hydroxyl groups is 1. The Balaban J connectivity index is 1.27. The first kappa shape index (κ1) is 27.2. The number of alkyl halides is 1. The number of fused-ring (bicyclic) bond motifs is 5. The lowest BCUT2D eigenvalue weighted by molar-refractivity contribution is 0.0516. The third-order valence-corrected chi connectivity index (χ3v) is 10.5. The summed E-state index contributed by atoms with van der Waals surface area (Å²) in [6.07, 6.45) is 1.22. The van der Waals surface area contributed by atoms with Gasteiger partial charge >= 0.3 is 6.01 Å². The van der Waals surface area contributed by atoms with Crippen molar-refractivity contribution >= 4 is 39.1 Å². The fourth-order valence-corrected chi connectivity index (χ4v) is 8.60. The average Bonchev–Trinajstić information content (AvgIpc) is 3.52. The number of ether oxygens (including phenoxy) is 2. The number of morpholine rings is 1. The van der Waals surface area contributed by atoms with Gasteiger partial charge in [0.15, 0.2) is 22.6 Å². The van der Waals surface area contributed by atoms with E-state index >= 15 is 4.39 Å². The molecular weight excluding hydrogens is 578 g/mol. The predicted molar refractivity (Wildman–Crippen MR) is 157 cm³/mol. The molecule has 3 unspecified atom stereocenters. The normalized spacial score (nSPS) is 30.3. The van der Waals surface area contributed by atoms with Crippen LogP contribution in [-0.4, -0.2) is 94.0 Å².